The van der Waals surface area contributed by atoms with Crippen LogP contribution in [-0.4, -0.2) is 10.5 Å². The first-order valence-electron chi connectivity index (χ1n) is 6.64. The lowest BCUT2D eigenvalue weighted by molar-refractivity contribution is 0.102. The van der Waals surface area contributed by atoms with E-state index in [4.69, 9.17) is 23.2 Å². The molecule has 1 N–H and O–H groups in total. The molecule has 0 spiro atoms. The summed E-state index contributed by atoms with van der Waals surface area (Å²) in [6, 6.07) is 16.0. The van der Waals surface area contributed by atoms with Gasteiger partial charge < -0.3 is 9.88 Å². The molecule has 1 heterocycles. The standard InChI is InChI=1S/C17H12Cl2N2O/c18-12-7-8-15(16(11-12)21-9-3-4-10-21)20-17(22)13-5-1-2-6-14(13)19/h1-11H,(H,20,22). The Balaban J connectivity index is 1.96. The molecule has 0 bridgehead atoms. The first kappa shape index (κ1) is 14.7. The SMILES string of the molecule is O=C(Nc1ccc(Cl)cc1-n1cccc1)c1ccccc1Cl. The van der Waals surface area contributed by atoms with Crippen LogP contribution in [0.3, 0.4) is 0 Å². The van der Waals surface area contributed by atoms with Crippen molar-refractivity contribution in [2.45, 2.75) is 0 Å². The molecular formula is C17H12Cl2N2O. The molecule has 0 saturated heterocycles. The van der Waals surface area contributed by atoms with Gasteiger partial charge in [-0.1, -0.05) is 35.3 Å². The number of nitrogens with zero attached hydrogens (tertiary/aromatic N) is 1. The molecule has 5 heteroatoms. The molecular weight excluding hydrogens is 319 g/mol. The fraction of sp³-hybridized carbons (Fsp3) is 0. The van der Waals surface area contributed by atoms with E-state index in [-0.39, 0.29) is 5.91 Å². The van der Waals surface area contributed by atoms with Crippen LogP contribution in [0.2, 0.25) is 10.0 Å². The van der Waals surface area contributed by atoms with Crippen molar-refractivity contribution in [1.82, 2.24) is 4.57 Å². The Morgan fingerprint density at radius 2 is 1.68 bits per heavy atom. The van der Waals surface area contributed by atoms with Crippen molar-refractivity contribution >= 4 is 34.8 Å². The predicted octanol–water partition coefficient (Wildman–Crippen LogP) is 5.04. The van der Waals surface area contributed by atoms with Gasteiger partial charge in [0.25, 0.3) is 5.91 Å². The summed E-state index contributed by atoms with van der Waals surface area (Å²) in [6.45, 7) is 0. The largest absolute Gasteiger partial charge is 0.322 e. The predicted molar refractivity (Wildman–Crippen MR) is 90.2 cm³/mol. The number of hydrogen-bond acceptors (Lipinski definition) is 1. The summed E-state index contributed by atoms with van der Waals surface area (Å²) >= 11 is 12.1. The highest BCUT2D eigenvalue weighted by Crippen LogP contribution is 2.26. The van der Waals surface area contributed by atoms with Gasteiger partial charge in [-0.05, 0) is 42.5 Å². The molecule has 0 atom stereocenters. The van der Waals surface area contributed by atoms with E-state index in [1.165, 1.54) is 0 Å². The Morgan fingerprint density at radius 3 is 2.41 bits per heavy atom. The Morgan fingerprint density at radius 1 is 0.955 bits per heavy atom. The minimum Gasteiger partial charge on any atom is -0.322 e. The summed E-state index contributed by atoms with van der Waals surface area (Å²) in [4.78, 5) is 12.4. The number of hydrogen-bond donors (Lipinski definition) is 1. The Kier molecular flexibility index (Phi) is 4.18. The van der Waals surface area contributed by atoms with E-state index in [1.54, 1.807) is 42.5 Å². The van der Waals surface area contributed by atoms with Crippen LogP contribution >= 0.6 is 23.2 Å². The van der Waals surface area contributed by atoms with Crippen molar-refractivity contribution in [3.05, 3.63) is 82.6 Å². The molecule has 0 unspecified atom stereocenters. The van der Waals surface area contributed by atoms with Gasteiger partial charge in [0.2, 0.25) is 0 Å². The van der Waals surface area contributed by atoms with Gasteiger partial charge in [-0.3, -0.25) is 4.79 Å². The van der Waals surface area contributed by atoms with Gasteiger partial charge in [0.1, 0.15) is 0 Å². The van der Waals surface area contributed by atoms with Gasteiger partial charge in [0, 0.05) is 17.4 Å². The fourth-order valence-corrected chi connectivity index (χ4v) is 2.54. The molecule has 22 heavy (non-hydrogen) atoms. The lowest BCUT2D eigenvalue weighted by Gasteiger charge is -2.13. The van der Waals surface area contributed by atoms with Gasteiger partial charge in [0.15, 0.2) is 0 Å². The maximum absolute atomic E-state index is 12.4. The normalized spacial score (nSPS) is 10.5. The van der Waals surface area contributed by atoms with Gasteiger partial charge in [-0.2, -0.15) is 0 Å². The van der Waals surface area contributed by atoms with Gasteiger partial charge >= 0.3 is 0 Å². The zero-order chi connectivity index (χ0) is 15.5. The fourth-order valence-electron chi connectivity index (χ4n) is 2.15. The molecule has 3 rings (SSSR count). The second kappa shape index (κ2) is 6.26. The molecule has 0 saturated carbocycles. The maximum Gasteiger partial charge on any atom is 0.257 e. The third-order valence-electron chi connectivity index (χ3n) is 3.21. The lowest BCUT2D eigenvalue weighted by atomic mass is 10.2. The van der Waals surface area contributed by atoms with Crippen LogP contribution in [0.5, 0.6) is 0 Å². The summed E-state index contributed by atoms with van der Waals surface area (Å²) in [7, 11) is 0. The van der Waals surface area contributed by atoms with Crippen LogP contribution in [0, 0.1) is 0 Å². The van der Waals surface area contributed by atoms with Crippen LogP contribution < -0.4 is 5.32 Å². The number of carbonyl (C=O) groups excluding carboxylic acids is 1. The smallest absolute Gasteiger partial charge is 0.257 e. The van der Waals surface area contributed by atoms with E-state index in [9.17, 15) is 4.79 Å². The van der Waals surface area contributed by atoms with Gasteiger partial charge in [-0.25, -0.2) is 0 Å². The molecule has 3 aromatic rings. The molecule has 110 valence electrons. The third kappa shape index (κ3) is 3.01. The molecule has 1 amide bonds. The van der Waals surface area contributed by atoms with Crippen LogP contribution in [0.25, 0.3) is 5.69 Å². The van der Waals surface area contributed by atoms with Crippen molar-refractivity contribution in [3.63, 3.8) is 0 Å². The highest BCUT2D eigenvalue weighted by Gasteiger charge is 2.13. The number of amides is 1. The Hall–Kier alpha value is -2.23. The summed E-state index contributed by atoms with van der Waals surface area (Å²) in [6.07, 6.45) is 3.77. The highest BCUT2D eigenvalue weighted by atomic mass is 35.5. The Bertz CT molecular complexity index is 813. The minimum absolute atomic E-state index is 0.263. The van der Waals surface area contributed by atoms with Crippen molar-refractivity contribution < 1.29 is 4.79 Å². The number of rotatable bonds is 3. The van der Waals surface area contributed by atoms with E-state index in [2.05, 4.69) is 5.32 Å². The van der Waals surface area contributed by atoms with Gasteiger partial charge in [-0.15, -0.1) is 0 Å². The van der Waals surface area contributed by atoms with E-state index < -0.39 is 0 Å². The molecule has 0 fully saturated rings. The van der Waals surface area contributed by atoms with Crippen molar-refractivity contribution in [1.29, 1.82) is 0 Å². The summed E-state index contributed by atoms with van der Waals surface area (Å²) in [5, 5.41) is 3.89. The van der Waals surface area contributed by atoms with E-state index >= 15 is 0 Å². The van der Waals surface area contributed by atoms with Gasteiger partial charge in [0.05, 0.1) is 22.0 Å². The molecule has 0 aliphatic carbocycles. The zero-order valence-electron chi connectivity index (χ0n) is 11.5. The second-order valence-corrected chi connectivity index (χ2v) is 5.53. The topological polar surface area (TPSA) is 34.0 Å². The summed E-state index contributed by atoms with van der Waals surface area (Å²) in [5.41, 5.74) is 1.88. The van der Waals surface area contributed by atoms with E-state index in [0.29, 0.717) is 21.3 Å². The highest BCUT2D eigenvalue weighted by molar-refractivity contribution is 6.34. The van der Waals surface area contributed by atoms with Crippen molar-refractivity contribution in [2.24, 2.45) is 0 Å². The van der Waals surface area contributed by atoms with E-state index in [0.717, 1.165) is 5.69 Å². The first-order chi connectivity index (χ1) is 10.6. The molecule has 2 aromatic carbocycles. The number of benzene rings is 2. The molecule has 0 aliphatic rings. The molecule has 3 nitrogen and oxygen atoms in total. The van der Waals surface area contributed by atoms with Crippen LogP contribution in [0.15, 0.2) is 67.0 Å². The Labute approximate surface area is 138 Å². The third-order valence-corrected chi connectivity index (χ3v) is 3.77. The molecule has 0 radical (unpaired) electrons. The molecule has 0 aliphatic heterocycles. The average Bonchev–Trinajstić information content (AvgIpc) is 3.03. The second-order valence-electron chi connectivity index (χ2n) is 4.69. The van der Waals surface area contributed by atoms with Crippen molar-refractivity contribution in [2.75, 3.05) is 5.32 Å². The number of halogens is 2. The summed E-state index contributed by atoms with van der Waals surface area (Å²) < 4.78 is 1.88. The van der Waals surface area contributed by atoms with Crippen LogP contribution in [0.4, 0.5) is 5.69 Å². The first-order valence-corrected chi connectivity index (χ1v) is 7.39. The minimum atomic E-state index is -0.263. The van der Waals surface area contributed by atoms with Crippen LogP contribution in [-0.2, 0) is 0 Å². The number of carbonyl (C=O) groups is 1. The number of aromatic nitrogens is 1. The van der Waals surface area contributed by atoms with Crippen LogP contribution in [0.1, 0.15) is 10.4 Å². The maximum atomic E-state index is 12.4. The zero-order valence-corrected chi connectivity index (χ0v) is 13.0. The monoisotopic (exact) mass is 330 g/mol. The number of nitrogens with one attached hydrogen (secondary N) is 1. The van der Waals surface area contributed by atoms with Crippen molar-refractivity contribution in [3.8, 4) is 5.69 Å². The summed E-state index contributed by atoms with van der Waals surface area (Å²) in [5.74, 6) is -0.263. The average molecular weight is 331 g/mol. The quantitative estimate of drug-likeness (QED) is 0.717. The van der Waals surface area contributed by atoms with E-state index in [1.807, 2.05) is 29.1 Å². The lowest BCUT2D eigenvalue weighted by Crippen LogP contribution is -2.14. The molecule has 1 aromatic heterocycles. The number of anilines is 1.